The molecule has 2 atom stereocenters. The zero-order chi connectivity index (χ0) is 24.8. The summed E-state index contributed by atoms with van der Waals surface area (Å²) in [6, 6.07) is 12.8. The fourth-order valence-electron chi connectivity index (χ4n) is 3.08. The minimum Gasteiger partial charge on any atom is -0.352 e. The van der Waals surface area contributed by atoms with Crippen LogP contribution in [0.2, 0.25) is 5.02 Å². The summed E-state index contributed by atoms with van der Waals surface area (Å²) in [6.07, 6.45) is 1.79. The van der Waals surface area contributed by atoms with E-state index in [2.05, 4.69) is 21.2 Å². The van der Waals surface area contributed by atoms with Gasteiger partial charge in [0.2, 0.25) is 21.8 Å². The Kier molecular flexibility index (Phi) is 9.75. The minimum atomic E-state index is -3.76. The third-order valence-electron chi connectivity index (χ3n) is 5.21. The van der Waals surface area contributed by atoms with Crippen molar-refractivity contribution in [2.75, 3.05) is 17.1 Å². The summed E-state index contributed by atoms with van der Waals surface area (Å²) in [6.45, 7) is 5.16. The first-order valence-corrected chi connectivity index (χ1v) is 13.5. The highest BCUT2D eigenvalue weighted by Crippen LogP contribution is 2.23. The molecule has 180 valence electrons. The molecule has 0 fully saturated rings. The summed E-state index contributed by atoms with van der Waals surface area (Å²) in [4.78, 5) is 27.7. The largest absolute Gasteiger partial charge is 0.352 e. The van der Waals surface area contributed by atoms with Crippen LogP contribution in [0.4, 0.5) is 5.69 Å². The molecule has 0 bridgehead atoms. The second kappa shape index (κ2) is 11.9. The van der Waals surface area contributed by atoms with Gasteiger partial charge in [-0.2, -0.15) is 0 Å². The molecule has 1 N–H and O–H groups in total. The number of carbonyl (C=O) groups excluding carboxylic acids is 2. The highest BCUT2D eigenvalue weighted by atomic mass is 79.9. The van der Waals surface area contributed by atoms with Crippen molar-refractivity contribution < 1.29 is 18.0 Å². The molecular formula is C23H29BrClN3O4S. The van der Waals surface area contributed by atoms with Crippen molar-refractivity contribution in [1.82, 2.24) is 10.2 Å². The summed E-state index contributed by atoms with van der Waals surface area (Å²) < 4.78 is 26.8. The maximum Gasteiger partial charge on any atom is 0.244 e. The fraction of sp³-hybridized carbons (Fsp3) is 0.391. The van der Waals surface area contributed by atoms with Gasteiger partial charge >= 0.3 is 0 Å². The monoisotopic (exact) mass is 557 g/mol. The van der Waals surface area contributed by atoms with E-state index in [-0.39, 0.29) is 18.5 Å². The lowest BCUT2D eigenvalue weighted by molar-refractivity contribution is -0.139. The first-order chi connectivity index (χ1) is 15.4. The highest BCUT2D eigenvalue weighted by Gasteiger charge is 2.30. The van der Waals surface area contributed by atoms with E-state index in [1.54, 1.807) is 55.5 Å². The SMILES string of the molecule is CC[C@H](C)NC(=O)[C@H](C)N(Cc1ccc(Cl)cc1)C(=O)CN(c1cccc(Br)c1)S(C)(=O)=O. The maximum absolute atomic E-state index is 13.4. The molecule has 0 aromatic heterocycles. The number of halogens is 2. The van der Waals surface area contributed by atoms with Gasteiger partial charge in [0.1, 0.15) is 12.6 Å². The fourth-order valence-corrected chi connectivity index (χ4v) is 4.43. The lowest BCUT2D eigenvalue weighted by Crippen LogP contribution is -2.52. The van der Waals surface area contributed by atoms with Crippen LogP contribution in [0.3, 0.4) is 0 Å². The molecule has 0 radical (unpaired) electrons. The van der Waals surface area contributed by atoms with E-state index < -0.39 is 28.5 Å². The number of hydrogen-bond donors (Lipinski definition) is 1. The second-order valence-electron chi connectivity index (χ2n) is 7.89. The number of sulfonamides is 1. The smallest absolute Gasteiger partial charge is 0.244 e. The van der Waals surface area contributed by atoms with E-state index in [1.165, 1.54) is 4.90 Å². The first kappa shape index (κ1) is 27.1. The number of nitrogens with zero attached hydrogens (tertiary/aromatic N) is 2. The number of carbonyl (C=O) groups is 2. The van der Waals surface area contributed by atoms with Crippen molar-refractivity contribution in [3.63, 3.8) is 0 Å². The van der Waals surface area contributed by atoms with Crippen molar-refractivity contribution in [1.29, 1.82) is 0 Å². The molecule has 2 rings (SSSR count). The molecule has 0 spiro atoms. The van der Waals surface area contributed by atoms with E-state index in [1.807, 2.05) is 13.8 Å². The molecule has 0 aliphatic heterocycles. The van der Waals surface area contributed by atoms with Crippen molar-refractivity contribution >= 4 is 55.1 Å². The van der Waals surface area contributed by atoms with Crippen LogP contribution >= 0.6 is 27.5 Å². The van der Waals surface area contributed by atoms with Gasteiger partial charge in [0.25, 0.3) is 0 Å². The van der Waals surface area contributed by atoms with Gasteiger partial charge in [0, 0.05) is 22.1 Å². The topological polar surface area (TPSA) is 86.8 Å². The summed E-state index contributed by atoms with van der Waals surface area (Å²) in [7, 11) is -3.76. The van der Waals surface area contributed by atoms with Crippen molar-refractivity contribution in [3.05, 3.63) is 63.6 Å². The van der Waals surface area contributed by atoms with Crippen LogP contribution < -0.4 is 9.62 Å². The van der Waals surface area contributed by atoms with Gasteiger partial charge in [-0.15, -0.1) is 0 Å². The standard InChI is InChI=1S/C23H29BrClN3O4S/c1-5-16(2)26-23(30)17(3)27(14-18-9-11-20(25)12-10-18)22(29)15-28(33(4,31)32)21-8-6-7-19(24)13-21/h6-13,16-17H,5,14-15H2,1-4H3,(H,26,30)/t16-,17-/m0/s1. The Morgan fingerprint density at radius 3 is 2.30 bits per heavy atom. The zero-order valence-corrected chi connectivity index (χ0v) is 22.2. The maximum atomic E-state index is 13.4. The van der Waals surface area contributed by atoms with E-state index in [9.17, 15) is 18.0 Å². The Bertz CT molecular complexity index is 1080. The third-order valence-corrected chi connectivity index (χ3v) is 7.10. The third kappa shape index (κ3) is 8.01. The molecule has 7 nitrogen and oxygen atoms in total. The van der Waals surface area contributed by atoms with Gasteiger partial charge in [-0.05, 0) is 56.2 Å². The second-order valence-corrected chi connectivity index (χ2v) is 11.2. The number of hydrogen-bond acceptors (Lipinski definition) is 4. The summed E-state index contributed by atoms with van der Waals surface area (Å²) in [5.74, 6) is -0.804. The van der Waals surface area contributed by atoms with Gasteiger partial charge in [-0.3, -0.25) is 13.9 Å². The number of rotatable bonds is 10. The van der Waals surface area contributed by atoms with Crippen LogP contribution in [-0.2, 0) is 26.2 Å². The molecule has 0 aliphatic carbocycles. The first-order valence-electron chi connectivity index (χ1n) is 10.5. The molecule has 10 heteroatoms. The van der Waals surface area contributed by atoms with E-state index in [0.29, 0.717) is 15.2 Å². The molecule has 2 amide bonds. The predicted molar refractivity (Wildman–Crippen MR) is 136 cm³/mol. The van der Waals surface area contributed by atoms with Gasteiger partial charge in [0.05, 0.1) is 11.9 Å². The lowest BCUT2D eigenvalue weighted by atomic mass is 10.1. The summed E-state index contributed by atoms with van der Waals surface area (Å²) >= 11 is 9.31. The molecule has 2 aromatic carbocycles. The van der Waals surface area contributed by atoms with Crippen molar-refractivity contribution in [3.8, 4) is 0 Å². The molecule has 0 aliphatic rings. The van der Waals surface area contributed by atoms with E-state index in [0.717, 1.165) is 22.5 Å². The average Bonchev–Trinajstić information content (AvgIpc) is 2.75. The molecule has 0 saturated carbocycles. The summed E-state index contributed by atoms with van der Waals surface area (Å²) in [5, 5.41) is 3.44. The number of benzene rings is 2. The van der Waals surface area contributed by atoms with Gasteiger partial charge in [0.15, 0.2) is 0 Å². The van der Waals surface area contributed by atoms with Crippen LogP contribution in [0, 0.1) is 0 Å². The van der Waals surface area contributed by atoms with Gasteiger partial charge < -0.3 is 10.2 Å². The average molecular weight is 559 g/mol. The van der Waals surface area contributed by atoms with Crippen LogP contribution in [0.15, 0.2) is 53.0 Å². The Morgan fingerprint density at radius 2 is 1.76 bits per heavy atom. The van der Waals surface area contributed by atoms with Crippen LogP contribution in [-0.4, -0.2) is 50.0 Å². The predicted octanol–water partition coefficient (Wildman–Crippen LogP) is 4.20. The normalized spacial score (nSPS) is 13.2. The quantitative estimate of drug-likeness (QED) is 0.474. The molecule has 33 heavy (non-hydrogen) atoms. The van der Waals surface area contributed by atoms with Crippen LogP contribution in [0.25, 0.3) is 0 Å². The number of nitrogens with one attached hydrogen (secondary N) is 1. The van der Waals surface area contributed by atoms with E-state index in [4.69, 9.17) is 11.6 Å². The molecule has 0 unspecified atom stereocenters. The number of amides is 2. The molecule has 0 saturated heterocycles. The molecule has 2 aromatic rings. The Labute approximate surface area is 209 Å². The zero-order valence-electron chi connectivity index (χ0n) is 19.1. The Morgan fingerprint density at radius 1 is 1.12 bits per heavy atom. The van der Waals surface area contributed by atoms with Gasteiger partial charge in [-0.1, -0.05) is 52.7 Å². The summed E-state index contributed by atoms with van der Waals surface area (Å²) in [5.41, 5.74) is 1.12. The van der Waals surface area contributed by atoms with Crippen LogP contribution in [0.5, 0.6) is 0 Å². The lowest BCUT2D eigenvalue weighted by Gasteiger charge is -2.32. The van der Waals surface area contributed by atoms with E-state index >= 15 is 0 Å². The Balaban J connectivity index is 2.37. The Hall–Kier alpha value is -2.10. The van der Waals surface area contributed by atoms with Gasteiger partial charge in [-0.25, -0.2) is 8.42 Å². The molecule has 0 heterocycles. The minimum absolute atomic E-state index is 0.0541. The number of anilines is 1. The van der Waals surface area contributed by atoms with Crippen molar-refractivity contribution in [2.45, 2.75) is 45.8 Å². The van der Waals surface area contributed by atoms with Crippen LogP contribution in [0.1, 0.15) is 32.8 Å². The molecular weight excluding hydrogens is 530 g/mol. The highest BCUT2D eigenvalue weighted by molar-refractivity contribution is 9.10. The van der Waals surface area contributed by atoms with Crippen molar-refractivity contribution in [2.24, 2.45) is 0 Å².